The van der Waals surface area contributed by atoms with Gasteiger partial charge in [0.2, 0.25) is 0 Å². The van der Waals surface area contributed by atoms with Gasteiger partial charge in [-0.2, -0.15) is 0 Å². The molecular formula is C19H21F3N3O4+. The van der Waals surface area contributed by atoms with Crippen molar-refractivity contribution in [1.29, 1.82) is 0 Å². The minimum absolute atomic E-state index is 0.00314. The van der Waals surface area contributed by atoms with Crippen LogP contribution in [-0.2, 0) is 9.59 Å². The Morgan fingerprint density at radius 1 is 0.862 bits per heavy atom. The molecule has 3 N–H and O–H groups in total. The second-order valence-corrected chi connectivity index (χ2v) is 6.21. The van der Waals surface area contributed by atoms with Crippen LogP contribution in [0.4, 0.5) is 24.5 Å². The van der Waals surface area contributed by atoms with Crippen molar-refractivity contribution < 1.29 is 37.1 Å². The first kappa shape index (κ1) is 22.0. The van der Waals surface area contributed by atoms with Gasteiger partial charge in [-0.05, 0) is 48.5 Å². The van der Waals surface area contributed by atoms with Gasteiger partial charge in [0, 0.05) is 11.4 Å². The Morgan fingerprint density at radius 3 is 1.66 bits per heavy atom. The lowest BCUT2D eigenvalue weighted by Crippen LogP contribution is -3.11. The summed E-state index contributed by atoms with van der Waals surface area (Å²) in [6.07, 6.45) is -4.77. The van der Waals surface area contributed by atoms with E-state index >= 15 is 0 Å². The largest absolute Gasteiger partial charge is 0.573 e. The van der Waals surface area contributed by atoms with Gasteiger partial charge in [-0.25, -0.2) is 0 Å². The zero-order chi connectivity index (χ0) is 21.4. The van der Waals surface area contributed by atoms with Crippen LogP contribution in [0.15, 0.2) is 48.5 Å². The van der Waals surface area contributed by atoms with E-state index in [0.717, 1.165) is 12.1 Å². The summed E-state index contributed by atoms with van der Waals surface area (Å²) in [5, 5.41) is 5.28. The summed E-state index contributed by atoms with van der Waals surface area (Å²) < 4.78 is 45.2. The summed E-state index contributed by atoms with van der Waals surface area (Å²) in [5.41, 5.74) is 0.925. The SMILES string of the molecule is COc1ccc(NC(=O)C[NH+](C)CC(=O)Nc2ccc(OC(F)(F)F)cc2)cc1. The van der Waals surface area contributed by atoms with E-state index in [1.807, 2.05) is 0 Å². The van der Waals surface area contributed by atoms with E-state index in [4.69, 9.17) is 4.74 Å². The highest BCUT2D eigenvalue weighted by Crippen LogP contribution is 2.23. The van der Waals surface area contributed by atoms with Crippen molar-refractivity contribution in [3.05, 3.63) is 48.5 Å². The van der Waals surface area contributed by atoms with Crippen molar-refractivity contribution in [3.63, 3.8) is 0 Å². The van der Waals surface area contributed by atoms with E-state index < -0.39 is 6.36 Å². The topological polar surface area (TPSA) is 81.1 Å². The van der Waals surface area contributed by atoms with Crippen LogP contribution < -0.4 is 25.0 Å². The molecule has 1 atom stereocenters. The summed E-state index contributed by atoms with van der Waals surface area (Å²) in [6.45, 7) is 0.0502. The minimum atomic E-state index is -4.77. The molecule has 0 heterocycles. The number of carbonyl (C=O) groups excluding carboxylic acids is 2. The van der Waals surface area contributed by atoms with Crippen LogP contribution in [0.2, 0.25) is 0 Å². The number of quaternary nitrogens is 1. The predicted octanol–water partition coefficient (Wildman–Crippen LogP) is 1.69. The Bertz CT molecular complexity index is 824. The van der Waals surface area contributed by atoms with Gasteiger partial charge in [0.15, 0.2) is 13.1 Å². The number of hydrogen-bond donors (Lipinski definition) is 3. The van der Waals surface area contributed by atoms with E-state index in [2.05, 4.69) is 15.4 Å². The fraction of sp³-hybridized carbons (Fsp3) is 0.263. The molecule has 0 aliphatic carbocycles. The van der Waals surface area contributed by atoms with Crippen LogP contribution in [0.3, 0.4) is 0 Å². The standard InChI is InChI=1S/C19H20F3N3O4/c1-25(11-17(26)23-13-3-7-15(28-2)8-4-13)12-18(27)24-14-5-9-16(10-6-14)29-19(20,21)22/h3-10H,11-12H2,1-2H3,(H,23,26)(H,24,27)/p+1. The zero-order valence-electron chi connectivity index (χ0n) is 15.8. The quantitative estimate of drug-likeness (QED) is 0.617. The number of amides is 2. The average Bonchev–Trinajstić information content (AvgIpc) is 2.62. The number of halogens is 3. The molecule has 0 saturated carbocycles. The van der Waals surface area contributed by atoms with Crippen molar-refractivity contribution >= 4 is 23.2 Å². The third-order valence-corrected chi connectivity index (χ3v) is 3.67. The van der Waals surface area contributed by atoms with Gasteiger partial charge in [0.25, 0.3) is 11.8 Å². The van der Waals surface area contributed by atoms with Crippen molar-refractivity contribution in [2.24, 2.45) is 0 Å². The zero-order valence-corrected chi connectivity index (χ0v) is 15.8. The lowest BCUT2D eigenvalue weighted by atomic mass is 10.3. The first-order chi connectivity index (χ1) is 13.6. The lowest BCUT2D eigenvalue weighted by molar-refractivity contribution is -0.862. The lowest BCUT2D eigenvalue weighted by Gasteiger charge is -2.14. The van der Waals surface area contributed by atoms with Crippen molar-refractivity contribution in [3.8, 4) is 11.5 Å². The molecule has 0 spiro atoms. The maximum absolute atomic E-state index is 12.1. The second kappa shape index (κ2) is 9.78. The minimum Gasteiger partial charge on any atom is -0.497 e. The van der Waals surface area contributed by atoms with E-state index in [1.165, 1.54) is 12.1 Å². The Morgan fingerprint density at radius 2 is 1.28 bits per heavy atom. The smallest absolute Gasteiger partial charge is 0.497 e. The molecule has 2 aromatic carbocycles. The van der Waals surface area contributed by atoms with Crippen LogP contribution in [0, 0.1) is 0 Å². The molecule has 2 aromatic rings. The average molecular weight is 412 g/mol. The first-order valence-corrected chi connectivity index (χ1v) is 8.55. The highest BCUT2D eigenvalue weighted by molar-refractivity contribution is 5.93. The van der Waals surface area contributed by atoms with Crippen molar-refractivity contribution in [2.75, 3.05) is 37.9 Å². The molecule has 0 radical (unpaired) electrons. The van der Waals surface area contributed by atoms with Crippen LogP contribution in [0.5, 0.6) is 11.5 Å². The number of ether oxygens (including phenoxy) is 2. The number of methoxy groups -OCH3 is 1. The number of carbonyl (C=O) groups is 2. The number of rotatable bonds is 8. The molecule has 7 nitrogen and oxygen atoms in total. The predicted molar refractivity (Wildman–Crippen MR) is 100.0 cm³/mol. The molecule has 0 saturated heterocycles. The first-order valence-electron chi connectivity index (χ1n) is 8.55. The molecular weight excluding hydrogens is 391 g/mol. The fourth-order valence-corrected chi connectivity index (χ4v) is 2.44. The third-order valence-electron chi connectivity index (χ3n) is 3.67. The number of hydrogen-bond acceptors (Lipinski definition) is 4. The fourth-order valence-electron chi connectivity index (χ4n) is 2.44. The van der Waals surface area contributed by atoms with E-state index in [1.54, 1.807) is 38.4 Å². The molecule has 0 bridgehead atoms. The summed E-state index contributed by atoms with van der Waals surface area (Å²) >= 11 is 0. The molecule has 0 fully saturated rings. The number of anilines is 2. The number of alkyl halides is 3. The Balaban J connectivity index is 1.78. The van der Waals surface area contributed by atoms with Gasteiger partial charge in [0.1, 0.15) is 11.5 Å². The summed E-state index contributed by atoms with van der Waals surface area (Å²) in [4.78, 5) is 24.8. The Labute approximate surface area is 165 Å². The molecule has 10 heteroatoms. The molecule has 0 aliphatic rings. The van der Waals surface area contributed by atoms with Gasteiger partial charge < -0.3 is 25.0 Å². The molecule has 0 aliphatic heterocycles. The highest BCUT2D eigenvalue weighted by Gasteiger charge is 2.31. The van der Waals surface area contributed by atoms with E-state index in [0.29, 0.717) is 22.0 Å². The molecule has 2 amide bonds. The van der Waals surface area contributed by atoms with Gasteiger partial charge in [0.05, 0.1) is 14.2 Å². The summed E-state index contributed by atoms with van der Waals surface area (Å²) in [7, 11) is 3.22. The molecule has 2 rings (SSSR count). The van der Waals surface area contributed by atoms with Gasteiger partial charge in [-0.15, -0.1) is 13.2 Å². The molecule has 29 heavy (non-hydrogen) atoms. The Kier molecular flexibility index (Phi) is 7.43. The number of nitrogens with one attached hydrogen (secondary N) is 3. The van der Waals surface area contributed by atoms with Crippen LogP contribution in [0.1, 0.15) is 0 Å². The van der Waals surface area contributed by atoms with Crippen LogP contribution >= 0.6 is 0 Å². The van der Waals surface area contributed by atoms with Crippen molar-refractivity contribution in [2.45, 2.75) is 6.36 Å². The second-order valence-electron chi connectivity index (χ2n) is 6.21. The number of benzene rings is 2. The van der Waals surface area contributed by atoms with Crippen LogP contribution in [0.25, 0.3) is 0 Å². The summed E-state index contributed by atoms with van der Waals surface area (Å²) in [5.74, 6) is -0.368. The maximum Gasteiger partial charge on any atom is 0.573 e. The van der Waals surface area contributed by atoms with Crippen molar-refractivity contribution in [1.82, 2.24) is 0 Å². The molecule has 0 aromatic heterocycles. The van der Waals surface area contributed by atoms with E-state index in [9.17, 15) is 22.8 Å². The van der Waals surface area contributed by atoms with Gasteiger partial charge >= 0.3 is 6.36 Å². The summed E-state index contributed by atoms with van der Waals surface area (Å²) in [6, 6.07) is 11.6. The Hall–Kier alpha value is -3.27. The maximum atomic E-state index is 12.1. The van der Waals surface area contributed by atoms with Gasteiger partial charge in [-0.1, -0.05) is 0 Å². The number of likely N-dealkylation sites (N-methyl/N-ethyl adjacent to an activating group) is 1. The highest BCUT2D eigenvalue weighted by atomic mass is 19.4. The third kappa shape index (κ3) is 8.09. The molecule has 1 unspecified atom stereocenters. The van der Waals surface area contributed by atoms with E-state index in [-0.39, 0.29) is 30.7 Å². The van der Waals surface area contributed by atoms with Gasteiger partial charge in [-0.3, -0.25) is 9.59 Å². The van der Waals surface area contributed by atoms with Crippen LogP contribution in [-0.4, -0.2) is 45.4 Å². The normalized spacial score (nSPS) is 12.0. The molecule has 156 valence electrons. The monoisotopic (exact) mass is 412 g/mol.